The molecule has 3 heteroatoms. The van der Waals surface area contributed by atoms with E-state index in [1.165, 1.54) is 57.9 Å². The van der Waals surface area contributed by atoms with Gasteiger partial charge >= 0.3 is 0 Å². The van der Waals surface area contributed by atoms with Crippen LogP contribution in [0.1, 0.15) is 85.5 Å². The van der Waals surface area contributed by atoms with Crippen LogP contribution < -0.4 is 5.73 Å². The van der Waals surface area contributed by atoms with Crippen LogP contribution in [0.15, 0.2) is 0 Å². The number of hydrogen-bond donors (Lipinski definition) is 2. The maximum absolute atomic E-state index is 11.0. The maximum Gasteiger partial charge on any atom is 0.0701 e. The smallest absolute Gasteiger partial charge is 0.0701 e. The maximum atomic E-state index is 11.0. The van der Waals surface area contributed by atoms with E-state index in [-0.39, 0.29) is 6.10 Å². The average molecular weight is 415 g/mol. The van der Waals surface area contributed by atoms with Gasteiger partial charge in [0.25, 0.3) is 0 Å². The van der Waals surface area contributed by atoms with E-state index in [1.807, 2.05) is 0 Å². The minimum Gasteiger partial charge on any atom is -0.391 e. The first-order valence-electron chi connectivity index (χ1n) is 13.4. The Morgan fingerprint density at radius 3 is 2.47 bits per heavy atom. The molecule has 0 radical (unpaired) electrons. The molecule has 0 aromatic carbocycles. The summed E-state index contributed by atoms with van der Waals surface area (Å²) >= 11 is 0. The normalized spacial score (nSPS) is 62.8. The summed E-state index contributed by atoms with van der Waals surface area (Å²) in [6.45, 7) is 11.4. The SMILES string of the molecule is CC1CC(O)C2C(C)C3C(CC4C5CCC6CC(N)CCC6(C)C5CCC43C)N2C1. The molecule has 3 nitrogen and oxygen atoms in total. The van der Waals surface area contributed by atoms with E-state index in [0.29, 0.717) is 34.7 Å². The Labute approximate surface area is 184 Å². The first-order chi connectivity index (χ1) is 14.2. The lowest BCUT2D eigenvalue weighted by Crippen LogP contribution is -2.55. The number of nitrogens with two attached hydrogens (primary N) is 1. The standard InChI is InChI=1S/C27H46N2O/c1-15-11-23(30)25-16(2)24-22(29(25)14-15)13-21-19-6-5-17-12-18(28)7-9-26(17,3)20(19)8-10-27(21,24)4/h15-25,30H,5-14,28H2,1-4H3. The van der Waals surface area contributed by atoms with Crippen LogP contribution in [0.5, 0.6) is 0 Å². The first kappa shape index (κ1) is 20.5. The molecule has 2 heterocycles. The van der Waals surface area contributed by atoms with Crippen molar-refractivity contribution in [3.05, 3.63) is 0 Å². The third-order valence-corrected chi connectivity index (χ3v) is 12.3. The van der Waals surface area contributed by atoms with Crippen LogP contribution in [0.25, 0.3) is 0 Å². The quantitative estimate of drug-likeness (QED) is 0.605. The molecule has 3 N–H and O–H groups in total. The van der Waals surface area contributed by atoms with Gasteiger partial charge in [0, 0.05) is 24.7 Å². The molecule has 13 unspecified atom stereocenters. The molecule has 6 fully saturated rings. The molecule has 0 aromatic rings. The minimum atomic E-state index is -0.103. The van der Waals surface area contributed by atoms with Gasteiger partial charge in [-0.05, 0) is 110 Å². The fourth-order valence-corrected chi connectivity index (χ4v) is 11.2. The summed E-state index contributed by atoms with van der Waals surface area (Å²) in [7, 11) is 0. The highest BCUT2D eigenvalue weighted by Crippen LogP contribution is 2.70. The van der Waals surface area contributed by atoms with E-state index in [0.717, 1.165) is 42.1 Å². The van der Waals surface area contributed by atoms with Crippen molar-refractivity contribution >= 4 is 0 Å². The Bertz CT molecular complexity index is 696. The number of aliphatic hydroxyl groups is 1. The summed E-state index contributed by atoms with van der Waals surface area (Å²) in [4.78, 5) is 2.82. The molecule has 4 saturated carbocycles. The lowest BCUT2D eigenvalue weighted by molar-refractivity contribution is -0.118. The number of nitrogens with zero attached hydrogens (tertiary/aromatic N) is 1. The summed E-state index contributed by atoms with van der Waals surface area (Å²) < 4.78 is 0. The molecule has 6 rings (SSSR count). The predicted molar refractivity (Wildman–Crippen MR) is 122 cm³/mol. The van der Waals surface area contributed by atoms with Gasteiger partial charge in [-0.3, -0.25) is 4.90 Å². The molecule has 30 heavy (non-hydrogen) atoms. The fraction of sp³-hybridized carbons (Fsp3) is 1.00. The topological polar surface area (TPSA) is 49.5 Å². The van der Waals surface area contributed by atoms with Crippen LogP contribution >= 0.6 is 0 Å². The highest BCUT2D eigenvalue weighted by molar-refractivity contribution is 5.18. The van der Waals surface area contributed by atoms with Crippen molar-refractivity contribution in [1.82, 2.24) is 4.90 Å². The van der Waals surface area contributed by atoms with Gasteiger partial charge < -0.3 is 10.8 Å². The summed E-state index contributed by atoms with van der Waals surface area (Å²) in [6.07, 6.45) is 12.0. The van der Waals surface area contributed by atoms with E-state index in [9.17, 15) is 5.11 Å². The minimum absolute atomic E-state index is 0.103. The van der Waals surface area contributed by atoms with E-state index in [4.69, 9.17) is 5.73 Å². The molecule has 170 valence electrons. The number of rotatable bonds is 0. The van der Waals surface area contributed by atoms with Crippen LogP contribution in [-0.2, 0) is 0 Å². The largest absolute Gasteiger partial charge is 0.391 e. The zero-order valence-corrected chi connectivity index (χ0v) is 19.9. The van der Waals surface area contributed by atoms with Crippen molar-refractivity contribution in [1.29, 1.82) is 0 Å². The molecular weight excluding hydrogens is 368 g/mol. The Hall–Kier alpha value is -0.120. The molecule has 0 amide bonds. The van der Waals surface area contributed by atoms with Gasteiger partial charge in [0.05, 0.1) is 6.10 Å². The fourth-order valence-electron chi connectivity index (χ4n) is 11.2. The number of fused-ring (bicyclic) bond motifs is 9. The van der Waals surface area contributed by atoms with E-state index < -0.39 is 0 Å². The van der Waals surface area contributed by atoms with Gasteiger partial charge in [0.1, 0.15) is 0 Å². The van der Waals surface area contributed by atoms with Crippen molar-refractivity contribution in [3.63, 3.8) is 0 Å². The zero-order valence-electron chi connectivity index (χ0n) is 19.9. The summed E-state index contributed by atoms with van der Waals surface area (Å²) in [6, 6.07) is 1.63. The van der Waals surface area contributed by atoms with Crippen LogP contribution in [0.2, 0.25) is 0 Å². The van der Waals surface area contributed by atoms with Crippen LogP contribution in [-0.4, -0.2) is 40.8 Å². The second-order valence-corrected chi connectivity index (χ2v) is 13.5. The molecule has 4 aliphatic carbocycles. The van der Waals surface area contributed by atoms with Gasteiger partial charge in [-0.15, -0.1) is 0 Å². The Balaban J connectivity index is 1.30. The Morgan fingerprint density at radius 1 is 0.900 bits per heavy atom. The van der Waals surface area contributed by atoms with Crippen LogP contribution in [0, 0.1) is 52.3 Å². The van der Waals surface area contributed by atoms with Crippen molar-refractivity contribution < 1.29 is 5.11 Å². The van der Waals surface area contributed by atoms with Gasteiger partial charge in [-0.25, -0.2) is 0 Å². The summed E-state index contributed by atoms with van der Waals surface area (Å²) in [5.74, 6) is 5.79. The van der Waals surface area contributed by atoms with Crippen LogP contribution in [0.4, 0.5) is 0 Å². The van der Waals surface area contributed by atoms with Gasteiger partial charge in [0.2, 0.25) is 0 Å². The highest BCUT2D eigenvalue weighted by Gasteiger charge is 2.67. The highest BCUT2D eigenvalue weighted by atomic mass is 16.3. The monoisotopic (exact) mass is 414 g/mol. The number of hydrogen-bond acceptors (Lipinski definition) is 3. The van der Waals surface area contributed by atoms with Crippen molar-refractivity contribution in [3.8, 4) is 0 Å². The summed E-state index contributed by atoms with van der Waals surface area (Å²) in [5, 5.41) is 11.0. The molecule has 6 aliphatic rings. The number of aliphatic hydroxyl groups excluding tert-OH is 1. The summed E-state index contributed by atoms with van der Waals surface area (Å²) in [5.41, 5.74) is 7.47. The molecule has 13 atom stereocenters. The van der Waals surface area contributed by atoms with Crippen molar-refractivity contribution in [2.75, 3.05) is 6.54 Å². The molecule has 0 spiro atoms. The average Bonchev–Trinajstić information content (AvgIpc) is 3.15. The second-order valence-electron chi connectivity index (χ2n) is 13.5. The van der Waals surface area contributed by atoms with Gasteiger partial charge in [-0.1, -0.05) is 27.7 Å². The van der Waals surface area contributed by atoms with Crippen molar-refractivity contribution in [2.45, 2.75) is 110 Å². The van der Waals surface area contributed by atoms with E-state index in [2.05, 4.69) is 32.6 Å². The Morgan fingerprint density at radius 2 is 1.67 bits per heavy atom. The van der Waals surface area contributed by atoms with Gasteiger partial charge in [0.15, 0.2) is 0 Å². The number of piperidine rings is 1. The first-order valence-corrected chi connectivity index (χ1v) is 13.4. The zero-order chi connectivity index (χ0) is 21.0. The second kappa shape index (κ2) is 6.70. The molecule has 2 saturated heterocycles. The lowest BCUT2D eigenvalue weighted by Gasteiger charge is -2.61. The molecule has 0 bridgehead atoms. The molecule has 0 aromatic heterocycles. The van der Waals surface area contributed by atoms with E-state index >= 15 is 0 Å². The third-order valence-electron chi connectivity index (χ3n) is 12.3. The molecular formula is C27H46N2O. The van der Waals surface area contributed by atoms with Crippen molar-refractivity contribution in [2.24, 2.45) is 58.0 Å². The van der Waals surface area contributed by atoms with Crippen LogP contribution in [0.3, 0.4) is 0 Å². The Kier molecular flexibility index (Phi) is 4.58. The van der Waals surface area contributed by atoms with Gasteiger partial charge in [-0.2, -0.15) is 0 Å². The third kappa shape index (κ3) is 2.55. The predicted octanol–water partition coefficient (Wildman–Crippen LogP) is 4.67. The van der Waals surface area contributed by atoms with E-state index in [1.54, 1.807) is 0 Å². The lowest BCUT2D eigenvalue weighted by atomic mass is 9.44. The molecule has 2 aliphatic heterocycles.